The summed E-state index contributed by atoms with van der Waals surface area (Å²) in [5.74, 6) is 1.50. The van der Waals surface area contributed by atoms with Crippen molar-refractivity contribution in [3.63, 3.8) is 0 Å². The molecule has 1 heterocycles. The maximum absolute atomic E-state index is 10.6. The van der Waals surface area contributed by atoms with Gasteiger partial charge in [-0.15, -0.1) is 12.3 Å². The zero-order valence-electron chi connectivity index (χ0n) is 8.53. The van der Waals surface area contributed by atoms with E-state index in [9.17, 15) is 4.79 Å². The third-order valence-corrected chi connectivity index (χ3v) is 1.95. The van der Waals surface area contributed by atoms with Gasteiger partial charge in [0.15, 0.2) is 5.69 Å². The molecule has 0 unspecified atom stereocenters. The fourth-order valence-electron chi connectivity index (χ4n) is 1.15. The average Bonchev–Trinajstić information content (AvgIpc) is 2.55. The van der Waals surface area contributed by atoms with Gasteiger partial charge in [-0.05, 0) is 6.07 Å². The smallest absolute Gasteiger partial charge is 0.356 e. The molecule has 0 fully saturated rings. The van der Waals surface area contributed by atoms with Crippen molar-refractivity contribution in [3.8, 4) is 12.3 Å². The van der Waals surface area contributed by atoms with Crippen LogP contribution in [-0.2, 0) is 13.6 Å². The first-order chi connectivity index (χ1) is 7.15. The highest BCUT2D eigenvalue weighted by atomic mass is 16.4. The van der Waals surface area contributed by atoms with Crippen LogP contribution >= 0.6 is 0 Å². The van der Waals surface area contributed by atoms with Gasteiger partial charge in [0.2, 0.25) is 0 Å². The zero-order chi connectivity index (χ0) is 11.3. The molecule has 0 bridgehead atoms. The Bertz CT molecular complexity index is 390. The third kappa shape index (κ3) is 3.11. The van der Waals surface area contributed by atoms with Crippen LogP contribution in [0.5, 0.6) is 0 Å². The molecule has 80 valence electrons. The molecule has 0 atom stereocenters. The number of nitrogens with zero attached hydrogens (tertiary/aromatic N) is 2. The molecule has 0 aliphatic heterocycles. The second kappa shape index (κ2) is 5.17. The third-order valence-electron chi connectivity index (χ3n) is 1.95. The monoisotopic (exact) mass is 207 g/mol. The Morgan fingerprint density at radius 1 is 1.80 bits per heavy atom. The number of hydrogen-bond acceptors (Lipinski definition) is 3. The first-order valence-electron chi connectivity index (χ1n) is 4.55. The minimum Gasteiger partial charge on any atom is -0.476 e. The number of aromatic carboxylic acids is 1. The van der Waals surface area contributed by atoms with Gasteiger partial charge in [0.25, 0.3) is 0 Å². The Balaban J connectivity index is 2.54. The Hall–Kier alpha value is -1.80. The van der Waals surface area contributed by atoms with Crippen LogP contribution in [0.15, 0.2) is 6.07 Å². The van der Waals surface area contributed by atoms with Crippen molar-refractivity contribution in [3.05, 3.63) is 17.5 Å². The topological polar surface area (TPSA) is 67.2 Å². The molecule has 0 saturated carbocycles. The normalized spacial score (nSPS) is 9.87. The van der Waals surface area contributed by atoms with Gasteiger partial charge in [-0.2, -0.15) is 5.10 Å². The highest BCUT2D eigenvalue weighted by Crippen LogP contribution is 2.02. The molecule has 0 radical (unpaired) electrons. The number of aryl methyl sites for hydroxylation is 1. The van der Waals surface area contributed by atoms with Crippen LogP contribution in [0.1, 0.15) is 22.6 Å². The summed E-state index contributed by atoms with van der Waals surface area (Å²) in [4.78, 5) is 10.6. The zero-order valence-corrected chi connectivity index (χ0v) is 8.53. The van der Waals surface area contributed by atoms with Crippen molar-refractivity contribution in [1.82, 2.24) is 15.1 Å². The molecule has 1 rings (SSSR count). The van der Waals surface area contributed by atoms with E-state index in [1.807, 2.05) is 0 Å². The van der Waals surface area contributed by atoms with Gasteiger partial charge < -0.3 is 10.4 Å². The lowest BCUT2D eigenvalue weighted by molar-refractivity contribution is 0.0689. The SMILES string of the molecule is C#CCCNCc1cc(C(=O)O)nn1C. The summed E-state index contributed by atoms with van der Waals surface area (Å²) in [6.45, 7) is 1.28. The van der Waals surface area contributed by atoms with E-state index >= 15 is 0 Å². The Morgan fingerprint density at radius 2 is 2.53 bits per heavy atom. The quantitative estimate of drug-likeness (QED) is 0.536. The number of carboxylic acid groups (broad SMARTS) is 1. The molecule has 2 N–H and O–H groups in total. The van der Waals surface area contributed by atoms with Crippen molar-refractivity contribution in [2.75, 3.05) is 6.54 Å². The van der Waals surface area contributed by atoms with E-state index < -0.39 is 5.97 Å². The van der Waals surface area contributed by atoms with Crippen molar-refractivity contribution >= 4 is 5.97 Å². The van der Waals surface area contributed by atoms with E-state index in [1.165, 1.54) is 0 Å². The van der Waals surface area contributed by atoms with Crippen LogP contribution in [0.3, 0.4) is 0 Å². The van der Waals surface area contributed by atoms with Gasteiger partial charge in [0, 0.05) is 26.6 Å². The molecule has 5 nitrogen and oxygen atoms in total. The molecule has 0 aliphatic rings. The molecule has 0 spiro atoms. The number of terminal acetylenes is 1. The van der Waals surface area contributed by atoms with Gasteiger partial charge >= 0.3 is 5.97 Å². The molecule has 5 heteroatoms. The summed E-state index contributed by atoms with van der Waals surface area (Å²) in [6, 6.07) is 1.55. The second-order valence-electron chi connectivity index (χ2n) is 3.08. The maximum atomic E-state index is 10.6. The lowest BCUT2D eigenvalue weighted by Gasteiger charge is -2.01. The lowest BCUT2D eigenvalue weighted by atomic mass is 10.3. The number of hydrogen-bond donors (Lipinski definition) is 2. The second-order valence-corrected chi connectivity index (χ2v) is 3.08. The van der Waals surface area contributed by atoms with Crippen molar-refractivity contribution in [1.29, 1.82) is 0 Å². The fraction of sp³-hybridized carbons (Fsp3) is 0.400. The van der Waals surface area contributed by atoms with Crippen molar-refractivity contribution in [2.24, 2.45) is 7.05 Å². The van der Waals surface area contributed by atoms with Crippen molar-refractivity contribution < 1.29 is 9.90 Å². The van der Waals surface area contributed by atoms with Gasteiger partial charge in [0.05, 0.1) is 5.69 Å². The van der Waals surface area contributed by atoms with Crippen LogP contribution in [0.4, 0.5) is 0 Å². The minimum atomic E-state index is -1.01. The molecular weight excluding hydrogens is 194 g/mol. The highest BCUT2D eigenvalue weighted by molar-refractivity contribution is 5.85. The average molecular weight is 207 g/mol. The first kappa shape index (κ1) is 11.3. The number of carboxylic acids is 1. The lowest BCUT2D eigenvalue weighted by Crippen LogP contribution is -2.16. The summed E-state index contributed by atoms with van der Waals surface area (Å²) in [6.07, 6.45) is 5.75. The number of aromatic nitrogens is 2. The number of rotatable bonds is 5. The Morgan fingerprint density at radius 3 is 3.07 bits per heavy atom. The Kier molecular flexibility index (Phi) is 3.89. The molecule has 0 aromatic carbocycles. The van der Waals surface area contributed by atoms with Gasteiger partial charge in [0.1, 0.15) is 0 Å². The summed E-state index contributed by atoms with van der Waals surface area (Å²) >= 11 is 0. The molecule has 0 amide bonds. The standard InChI is InChI=1S/C10H13N3O2/c1-3-4-5-11-7-8-6-9(10(14)15)12-13(8)2/h1,6,11H,4-5,7H2,2H3,(H,14,15). The van der Waals surface area contributed by atoms with E-state index in [4.69, 9.17) is 11.5 Å². The largest absolute Gasteiger partial charge is 0.476 e. The fourth-order valence-corrected chi connectivity index (χ4v) is 1.15. The van der Waals surface area contributed by atoms with Crippen LogP contribution in [0.25, 0.3) is 0 Å². The van der Waals surface area contributed by atoms with Crippen LogP contribution in [-0.4, -0.2) is 27.4 Å². The first-order valence-corrected chi connectivity index (χ1v) is 4.55. The molecule has 0 aliphatic carbocycles. The van der Waals surface area contributed by atoms with E-state index in [-0.39, 0.29) is 5.69 Å². The van der Waals surface area contributed by atoms with E-state index in [2.05, 4.69) is 16.3 Å². The molecular formula is C10H13N3O2. The van der Waals surface area contributed by atoms with Crippen molar-refractivity contribution in [2.45, 2.75) is 13.0 Å². The summed E-state index contributed by atoms with van der Waals surface area (Å²) < 4.78 is 1.55. The summed E-state index contributed by atoms with van der Waals surface area (Å²) in [5.41, 5.74) is 0.885. The number of nitrogens with one attached hydrogen (secondary N) is 1. The highest BCUT2D eigenvalue weighted by Gasteiger charge is 2.10. The van der Waals surface area contributed by atoms with Crippen LogP contribution < -0.4 is 5.32 Å². The minimum absolute atomic E-state index is 0.0613. The predicted octanol–water partition coefficient (Wildman–Crippen LogP) is 0.231. The maximum Gasteiger partial charge on any atom is 0.356 e. The van der Waals surface area contributed by atoms with E-state index in [0.29, 0.717) is 19.5 Å². The summed E-state index contributed by atoms with van der Waals surface area (Å²) in [7, 11) is 1.71. The van der Waals surface area contributed by atoms with E-state index in [1.54, 1.807) is 17.8 Å². The molecule has 1 aromatic heterocycles. The van der Waals surface area contributed by atoms with E-state index in [0.717, 1.165) is 5.69 Å². The number of carbonyl (C=O) groups is 1. The summed E-state index contributed by atoms with van der Waals surface area (Å²) in [5, 5.41) is 15.7. The predicted molar refractivity (Wildman–Crippen MR) is 55.3 cm³/mol. The van der Waals surface area contributed by atoms with Crippen LogP contribution in [0.2, 0.25) is 0 Å². The van der Waals surface area contributed by atoms with Gasteiger partial charge in [-0.25, -0.2) is 4.79 Å². The molecule has 0 saturated heterocycles. The van der Waals surface area contributed by atoms with Gasteiger partial charge in [-0.1, -0.05) is 0 Å². The molecule has 1 aromatic rings. The van der Waals surface area contributed by atoms with Crippen LogP contribution in [0, 0.1) is 12.3 Å². The molecule has 15 heavy (non-hydrogen) atoms. The van der Waals surface area contributed by atoms with Gasteiger partial charge in [-0.3, -0.25) is 4.68 Å². The Labute approximate surface area is 88.1 Å².